The third-order valence-corrected chi connectivity index (χ3v) is 5.00. The molecule has 1 unspecified atom stereocenters. The van der Waals surface area contributed by atoms with Gasteiger partial charge in [-0.1, -0.05) is 12.1 Å². The molecule has 1 aliphatic heterocycles. The van der Waals surface area contributed by atoms with Crippen molar-refractivity contribution in [1.82, 2.24) is 10.6 Å². The van der Waals surface area contributed by atoms with Crippen LogP contribution in [0.4, 0.5) is 14.5 Å². The molecule has 0 aliphatic carbocycles. The molecule has 1 aliphatic rings. The Hall–Kier alpha value is -2.14. The molecule has 0 spiro atoms. The zero-order valence-corrected chi connectivity index (χ0v) is 20.8. The summed E-state index contributed by atoms with van der Waals surface area (Å²) in [6.07, 6.45) is 0.837. The van der Waals surface area contributed by atoms with E-state index in [0.717, 1.165) is 30.3 Å². The molecule has 1 atom stereocenters. The highest BCUT2D eigenvalue weighted by Crippen LogP contribution is 2.24. The summed E-state index contributed by atoms with van der Waals surface area (Å²) in [4.78, 5) is 6.61. The van der Waals surface area contributed by atoms with E-state index in [4.69, 9.17) is 9.47 Å². The summed E-state index contributed by atoms with van der Waals surface area (Å²) in [5.41, 5.74) is 1.46. The highest BCUT2D eigenvalue weighted by atomic mass is 127. The molecule has 1 heterocycles. The minimum absolute atomic E-state index is 0. The fourth-order valence-electron chi connectivity index (χ4n) is 3.49. The lowest BCUT2D eigenvalue weighted by molar-refractivity contribution is 0.146. The second-order valence-electron chi connectivity index (χ2n) is 7.36. The van der Waals surface area contributed by atoms with Crippen molar-refractivity contribution < 1.29 is 18.3 Å². The summed E-state index contributed by atoms with van der Waals surface area (Å²) in [5.74, 6) is 0.397. The number of nitrogens with zero attached hydrogens (tertiary/aromatic N) is 2. The molecule has 2 aromatic carbocycles. The molecule has 0 amide bonds. The molecule has 9 heteroatoms. The van der Waals surface area contributed by atoms with E-state index in [1.54, 1.807) is 7.11 Å². The Balaban J connectivity index is 0.00000363. The van der Waals surface area contributed by atoms with Gasteiger partial charge in [0.2, 0.25) is 0 Å². The van der Waals surface area contributed by atoms with Gasteiger partial charge in [0.05, 0.1) is 18.8 Å². The van der Waals surface area contributed by atoms with Crippen LogP contribution < -0.4 is 20.3 Å². The van der Waals surface area contributed by atoms with Crippen molar-refractivity contribution in [1.29, 1.82) is 0 Å². The summed E-state index contributed by atoms with van der Waals surface area (Å²) in [6.45, 7) is 5.60. The summed E-state index contributed by atoms with van der Waals surface area (Å²) in [5, 5.41) is 6.69. The summed E-state index contributed by atoms with van der Waals surface area (Å²) >= 11 is 0. The van der Waals surface area contributed by atoms with Gasteiger partial charge in [-0.05, 0) is 43.2 Å². The van der Waals surface area contributed by atoms with E-state index in [1.807, 2.05) is 36.1 Å². The number of halogens is 3. The van der Waals surface area contributed by atoms with Crippen LogP contribution in [0.25, 0.3) is 0 Å². The normalized spacial score (nSPS) is 15.9. The maximum absolute atomic E-state index is 14.1. The summed E-state index contributed by atoms with van der Waals surface area (Å²) in [6, 6.07) is 11.7. The minimum atomic E-state index is -0.565. The lowest BCUT2D eigenvalue weighted by Crippen LogP contribution is -2.44. The molecule has 32 heavy (non-hydrogen) atoms. The molecular formula is C23H31F2IN4O2. The number of rotatable bonds is 9. The Bertz CT molecular complexity index is 885. The maximum atomic E-state index is 14.1. The molecule has 3 rings (SSSR count). The lowest BCUT2D eigenvalue weighted by Gasteiger charge is -2.21. The van der Waals surface area contributed by atoms with Gasteiger partial charge in [0.15, 0.2) is 5.96 Å². The first-order valence-corrected chi connectivity index (χ1v) is 10.5. The van der Waals surface area contributed by atoms with Crippen LogP contribution >= 0.6 is 24.0 Å². The van der Waals surface area contributed by atoms with Crippen molar-refractivity contribution in [2.75, 3.05) is 44.9 Å². The van der Waals surface area contributed by atoms with Crippen LogP contribution in [-0.4, -0.2) is 52.0 Å². The molecular weight excluding hydrogens is 529 g/mol. The van der Waals surface area contributed by atoms with E-state index in [2.05, 4.69) is 15.6 Å². The van der Waals surface area contributed by atoms with Crippen LogP contribution in [0.1, 0.15) is 18.9 Å². The van der Waals surface area contributed by atoms with Crippen molar-refractivity contribution in [3.8, 4) is 5.75 Å². The molecule has 6 nitrogen and oxygen atoms in total. The van der Waals surface area contributed by atoms with Gasteiger partial charge >= 0.3 is 0 Å². The molecule has 0 radical (unpaired) electrons. The minimum Gasteiger partial charge on any atom is -0.491 e. The monoisotopic (exact) mass is 560 g/mol. The lowest BCUT2D eigenvalue weighted by atomic mass is 10.2. The van der Waals surface area contributed by atoms with E-state index in [9.17, 15) is 8.78 Å². The van der Waals surface area contributed by atoms with Gasteiger partial charge < -0.3 is 25.0 Å². The maximum Gasteiger partial charge on any atom is 0.191 e. The third-order valence-electron chi connectivity index (χ3n) is 5.00. The molecule has 1 fully saturated rings. The van der Waals surface area contributed by atoms with Crippen molar-refractivity contribution in [2.24, 2.45) is 4.99 Å². The highest BCUT2D eigenvalue weighted by molar-refractivity contribution is 14.0. The zero-order valence-electron chi connectivity index (χ0n) is 18.4. The standard InChI is InChI=1S/C23H30F2N4O2.HI/c1-3-26-23(27-15-17-5-4-6-20(13-17)31-12-11-30-2)28-19-9-10-29(16-19)22-8-7-18(24)14-21(22)25;/h4-8,13-14,19H,3,9-12,15-16H2,1-2H3,(H2,26,27,28);1H. The number of hydrogen-bond donors (Lipinski definition) is 2. The molecule has 2 N–H and O–H groups in total. The number of benzene rings is 2. The van der Waals surface area contributed by atoms with Crippen molar-refractivity contribution in [3.63, 3.8) is 0 Å². The average Bonchev–Trinajstić information content (AvgIpc) is 3.21. The Morgan fingerprint density at radius 3 is 2.78 bits per heavy atom. The SMILES string of the molecule is CCNC(=NCc1cccc(OCCOC)c1)NC1CCN(c2ccc(F)cc2F)C1.I. The number of methoxy groups -OCH3 is 1. The van der Waals surface area contributed by atoms with E-state index in [1.165, 1.54) is 12.1 Å². The van der Waals surface area contributed by atoms with Crippen molar-refractivity contribution in [3.05, 3.63) is 59.7 Å². The van der Waals surface area contributed by atoms with Gasteiger partial charge in [0, 0.05) is 38.9 Å². The van der Waals surface area contributed by atoms with Crippen LogP contribution in [-0.2, 0) is 11.3 Å². The first kappa shape index (κ1) is 26.1. The molecule has 0 bridgehead atoms. The quantitative estimate of drug-likeness (QED) is 0.211. The molecule has 1 saturated heterocycles. The number of ether oxygens (including phenoxy) is 2. The van der Waals surface area contributed by atoms with Gasteiger partial charge in [-0.15, -0.1) is 24.0 Å². The Morgan fingerprint density at radius 1 is 1.19 bits per heavy atom. The molecule has 0 saturated carbocycles. The van der Waals surface area contributed by atoms with Crippen LogP contribution in [0, 0.1) is 11.6 Å². The van der Waals surface area contributed by atoms with E-state index < -0.39 is 11.6 Å². The number of aliphatic imine (C=N–C) groups is 1. The Kier molecular flexibility index (Phi) is 10.9. The molecule has 0 aromatic heterocycles. The second kappa shape index (κ2) is 13.4. The number of hydrogen-bond acceptors (Lipinski definition) is 4. The Labute approximate surface area is 205 Å². The van der Waals surface area contributed by atoms with E-state index in [0.29, 0.717) is 44.5 Å². The summed E-state index contributed by atoms with van der Waals surface area (Å²) < 4.78 is 37.9. The van der Waals surface area contributed by atoms with Gasteiger partial charge in [0.25, 0.3) is 0 Å². The van der Waals surface area contributed by atoms with Gasteiger partial charge in [0.1, 0.15) is 24.0 Å². The topological polar surface area (TPSA) is 58.1 Å². The predicted molar refractivity (Wildman–Crippen MR) is 134 cm³/mol. The molecule has 176 valence electrons. The largest absolute Gasteiger partial charge is 0.491 e. The fraction of sp³-hybridized carbons (Fsp3) is 0.435. The van der Waals surface area contributed by atoms with Crippen LogP contribution in [0.15, 0.2) is 47.5 Å². The second-order valence-corrected chi connectivity index (χ2v) is 7.36. The van der Waals surface area contributed by atoms with E-state index in [-0.39, 0.29) is 30.0 Å². The third kappa shape index (κ3) is 7.77. The number of nitrogens with one attached hydrogen (secondary N) is 2. The van der Waals surface area contributed by atoms with Crippen molar-refractivity contribution >= 4 is 35.6 Å². The van der Waals surface area contributed by atoms with Crippen molar-refractivity contribution in [2.45, 2.75) is 25.9 Å². The Morgan fingerprint density at radius 2 is 2.03 bits per heavy atom. The smallest absolute Gasteiger partial charge is 0.191 e. The zero-order chi connectivity index (χ0) is 22.1. The highest BCUT2D eigenvalue weighted by Gasteiger charge is 2.25. The number of anilines is 1. The van der Waals surface area contributed by atoms with Crippen LogP contribution in [0.3, 0.4) is 0 Å². The van der Waals surface area contributed by atoms with Gasteiger partial charge in [-0.2, -0.15) is 0 Å². The van der Waals surface area contributed by atoms with Gasteiger partial charge in [-0.3, -0.25) is 0 Å². The first-order chi connectivity index (χ1) is 15.1. The average molecular weight is 560 g/mol. The number of guanidine groups is 1. The molecule has 2 aromatic rings. The predicted octanol–water partition coefficient (Wildman–Crippen LogP) is 3.94. The fourth-order valence-corrected chi connectivity index (χ4v) is 3.49. The van der Waals surface area contributed by atoms with E-state index >= 15 is 0 Å². The van der Waals surface area contributed by atoms with Crippen LogP contribution in [0.2, 0.25) is 0 Å². The summed E-state index contributed by atoms with van der Waals surface area (Å²) in [7, 11) is 1.64. The first-order valence-electron chi connectivity index (χ1n) is 10.5. The van der Waals surface area contributed by atoms with Crippen LogP contribution in [0.5, 0.6) is 5.75 Å². The van der Waals surface area contributed by atoms with Gasteiger partial charge in [-0.25, -0.2) is 13.8 Å².